The van der Waals surface area contributed by atoms with Gasteiger partial charge >= 0.3 is 6.16 Å². The lowest BCUT2D eigenvalue weighted by molar-refractivity contribution is -0.115. The smallest absolute Gasteiger partial charge is 0.449 e. The Balaban J connectivity index is 1.67. The van der Waals surface area contributed by atoms with Gasteiger partial charge in [-0.15, -0.1) is 0 Å². The molecule has 0 spiro atoms. The minimum absolute atomic E-state index is 0.0553. The van der Waals surface area contributed by atoms with Crippen molar-refractivity contribution in [3.05, 3.63) is 71.7 Å². The minimum atomic E-state index is -1.34. The minimum Gasteiger partial charge on any atom is -0.449 e. The van der Waals surface area contributed by atoms with Gasteiger partial charge in [0.1, 0.15) is 17.1 Å². The quantitative estimate of drug-likeness (QED) is 0.215. The SMILES string of the molecule is CCCCc1nc2cc(NC(=O)CC)c(C)nc2n1Cc1ccc(-c2ccccc2OC(=O)O)cc1. The fourth-order valence-corrected chi connectivity index (χ4v) is 4.10. The van der Waals surface area contributed by atoms with Gasteiger partial charge in [0.15, 0.2) is 5.65 Å². The number of nitrogens with one attached hydrogen (secondary N) is 1. The Morgan fingerprint density at radius 2 is 1.81 bits per heavy atom. The molecule has 8 nitrogen and oxygen atoms in total. The number of nitrogens with zero attached hydrogens (tertiary/aromatic N) is 3. The number of carbonyl (C=O) groups excluding carboxylic acids is 1. The summed E-state index contributed by atoms with van der Waals surface area (Å²) in [7, 11) is 0. The fraction of sp³-hybridized carbons (Fsp3) is 0.286. The monoisotopic (exact) mass is 486 g/mol. The van der Waals surface area contributed by atoms with Gasteiger partial charge in [0.2, 0.25) is 5.91 Å². The van der Waals surface area contributed by atoms with Gasteiger partial charge in [-0.1, -0.05) is 62.7 Å². The largest absolute Gasteiger partial charge is 0.511 e. The number of carboxylic acid groups (broad SMARTS) is 1. The van der Waals surface area contributed by atoms with Crippen molar-refractivity contribution in [3.63, 3.8) is 0 Å². The zero-order valence-electron chi connectivity index (χ0n) is 20.7. The summed E-state index contributed by atoms with van der Waals surface area (Å²) in [6, 6.07) is 16.9. The van der Waals surface area contributed by atoms with Crippen molar-refractivity contribution in [2.45, 2.75) is 53.0 Å². The van der Waals surface area contributed by atoms with Crippen LogP contribution in [0, 0.1) is 6.92 Å². The summed E-state index contributed by atoms with van der Waals surface area (Å²) in [5.74, 6) is 1.20. The second-order valence-electron chi connectivity index (χ2n) is 8.64. The van der Waals surface area contributed by atoms with Crippen molar-refractivity contribution in [1.82, 2.24) is 14.5 Å². The summed E-state index contributed by atoms with van der Waals surface area (Å²) in [4.78, 5) is 32.6. The highest BCUT2D eigenvalue weighted by Crippen LogP contribution is 2.30. The van der Waals surface area contributed by atoms with Crippen molar-refractivity contribution in [2.24, 2.45) is 0 Å². The first-order chi connectivity index (χ1) is 17.4. The number of unbranched alkanes of at least 4 members (excludes halogenated alkanes) is 1. The average Bonchev–Trinajstić information content (AvgIpc) is 3.19. The summed E-state index contributed by atoms with van der Waals surface area (Å²) < 4.78 is 7.08. The number of para-hydroxylation sites is 1. The summed E-state index contributed by atoms with van der Waals surface area (Å²) in [6.07, 6.45) is 1.96. The second-order valence-corrected chi connectivity index (χ2v) is 8.64. The number of hydrogen-bond acceptors (Lipinski definition) is 5. The standard InChI is InChI=1S/C28H30N4O4/c1-4-6-11-25-30-23-16-22(31-26(33)5-2)18(3)29-27(23)32(25)17-19-12-14-20(15-13-19)21-9-7-8-10-24(21)36-28(34)35/h7-10,12-16H,4-6,11,17H2,1-3H3,(H,31,33)(H,34,35). The molecule has 0 radical (unpaired) electrons. The molecule has 4 rings (SSSR count). The number of benzene rings is 2. The molecule has 0 saturated carbocycles. The van der Waals surface area contributed by atoms with E-state index in [1.807, 2.05) is 56.3 Å². The van der Waals surface area contributed by atoms with Crippen LogP contribution in [0.15, 0.2) is 54.6 Å². The Hall–Kier alpha value is -4.20. The Kier molecular flexibility index (Phi) is 7.63. The molecule has 0 fully saturated rings. The van der Waals surface area contributed by atoms with Crippen molar-refractivity contribution in [2.75, 3.05) is 5.32 Å². The van der Waals surface area contributed by atoms with Gasteiger partial charge < -0.3 is 19.7 Å². The van der Waals surface area contributed by atoms with Crippen LogP contribution in [-0.4, -0.2) is 31.7 Å². The van der Waals surface area contributed by atoms with Crippen LogP contribution < -0.4 is 10.1 Å². The van der Waals surface area contributed by atoms with Gasteiger partial charge in [-0.25, -0.2) is 14.8 Å². The van der Waals surface area contributed by atoms with Crippen LogP contribution in [-0.2, 0) is 17.8 Å². The molecule has 186 valence electrons. The normalized spacial score (nSPS) is 11.0. The van der Waals surface area contributed by atoms with Crippen molar-refractivity contribution < 1.29 is 19.4 Å². The van der Waals surface area contributed by atoms with Crippen LogP contribution in [0.25, 0.3) is 22.3 Å². The van der Waals surface area contributed by atoms with E-state index in [2.05, 4.69) is 16.8 Å². The molecule has 0 aliphatic carbocycles. The van der Waals surface area contributed by atoms with Gasteiger partial charge in [0, 0.05) is 18.4 Å². The number of fused-ring (bicyclic) bond motifs is 1. The van der Waals surface area contributed by atoms with E-state index in [-0.39, 0.29) is 5.91 Å². The van der Waals surface area contributed by atoms with Crippen LogP contribution in [0.1, 0.15) is 50.2 Å². The molecule has 0 aliphatic rings. The number of anilines is 1. The van der Waals surface area contributed by atoms with E-state index in [9.17, 15) is 9.59 Å². The molecule has 8 heteroatoms. The first kappa shape index (κ1) is 24.9. The lowest BCUT2D eigenvalue weighted by atomic mass is 10.0. The molecule has 4 aromatic rings. The maximum absolute atomic E-state index is 11.9. The highest BCUT2D eigenvalue weighted by molar-refractivity contribution is 5.93. The van der Waals surface area contributed by atoms with Gasteiger partial charge in [0.25, 0.3) is 0 Å². The fourth-order valence-electron chi connectivity index (χ4n) is 4.10. The molecule has 0 unspecified atom stereocenters. The predicted molar refractivity (Wildman–Crippen MR) is 139 cm³/mol. The lowest BCUT2D eigenvalue weighted by Gasteiger charge is -2.12. The third kappa shape index (κ3) is 5.54. The van der Waals surface area contributed by atoms with Gasteiger partial charge in [-0.2, -0.15) is 0 Å². The van der Waals surface area contributed by atoms with Crippen LogP contribution in [0.3, 0.4) is 0 Å². The maximum Gasteiger partial charge on any atom is 0.511 e. The van der Waals surface area contributed by atoms with Crippen LogP contribution in [0.4, 0.5) is 10.5 Å². The molecule has 1 amide bonds. The number of aryl methyl sites for hydroxylation is 2. The Morgan fingerprint density at radius 1 is 1.06 bits per heavy atom. The number of amides is 1. The predicted octanol–water partition coefficient (Wildman–Crippen LogP) is 6.20. The molecular weight excluding hydrogens is 456 g/mol. The van der Waals surface area contributed by atoms with Gasteiger partial charge in [-0.05, 0) is 36.6 Å². The summed E-state index contributed by atoms with van der Waals surface area (Å²) >= 11 is 0. The molecule has 2 aromatic heterocycles. The molecule has 2 N–H and O–H groups in total. The third-order valence-corrected chi connectivity index (χ3v) is 6.03. The molecule has 0 atom stereocenters. The van der Waals surface area contributed by atoms with Crippen LogP contribution in [0.2, 0.25) is 0 Å². The van der Waals surface area contributed by atoms with Gasteiger partial charge in [0.05, 0.1) is 17.9 Å². The first-order valence-corrected chi connectivity index (χ1v) is 12.1. The van der Waals surface area contributed by atoms with E-state index in [0.717, 1.165) is 53.1 Å². The number of ether oxygens (including phenoxy) is 1. The second kappa shape index (κ2) is 11.0. The van der Waals surface area contributed by atoms with E-state index in [0.29, 0.717) is 30.0 Å². The highest BCUT2D eigenvalue weighted by atomic mass is 16.7. The van der Waals surface area contributed by atoms with Gasteiger partial charge in [-0.3, -0.25) is 4.79 Å². The Morgan fingerprint density at radius 3 is 2.50 bits per heavy atom. The zero-order chi connectivity index (χ0) is 25.7. The van der Waals surface area contributed by atoms with Crippen molar-refractivity contribution in [1.29, 1.82) is 0 Å². The Labute approximate surface area is 210 Å². The third-order valence-electron chi connectivity index (χ3n) is 6.03. The van der Waals surface area contributed by atoms with E-state index in [4.69, 9.17) is 19.8 Å². The average molecular weight is 487 g/mol. The van der Waals surface area contributed by atoms with E-state index < -0.39 is 6.16 Å². The van der Waals surface area contributed by atoms with Crippen LogP contribution >= 0.6 is 0 Å². The summed E-state index contributed by atoms with van der Waals surface area (Å²) in [6.45, 7) is 6.45. The lowest BCUT2D eigenvalue weighted by Crippen LogP contribution is -2.11. The topological polar surface area (TPSA) is 106 Å². The van der Waals surface area contributed by atoms with Crippen LogP contribution in [0.5, 0.6) is 5.75 Å². The van der Waals surface area contributed by atoms with Crippen molar-refractivity contribution >= 4 is 28.9 Å². The number of rotatable bonds is 9. The van der Waals surface area contributed by atoms with E-state index >= 15 is 0 Å². The molecule has 0 saturated heterocycles. The molecule has 36 heavy (non-hydrogen) atoms. The number of imidazole rings is 1. The molecular formula is C28H30N4O4. The number of hydrogen-bond donors (Lipinski definition) is 2. The summed E-state index contributed by atoms with van der Waals surface area (Å²) in [5.41, 5.74) is 5.62. The van der Waals surface area contributed by atoms with Crippen molar-refractivity contribution in [3.8, 4) is 16.9 Å². The molecule has 0 aliphatic heterocycles. The Bertz CT molecular complexity index is 1390. The summed E-state index contributed by atoms with van der Waals surface area (Å²) in [5, 5.41) is 11.9. The molecule has 2 aromatic carbocycles. The number of aromatic nitrogens is 3. The number of pyridine rings is 1. The maximum atomic E-state index is 11.9. The zero-order valence-corrected chi connectivity index (χ0v) is 20.7. The first-order valence-electron chi connectivity index (χ1n) is 12.1. The molecule has 0 bridgehead atoms. The molecule has 2 heterocycles. The van der Waals surface area contributed by atoms with E-state index in [1.54, 1.807) is 12.1 Å². The number of carbonyl (C=O) groups is 2. The highest BCUT2D eigenvalue weighted by Gasteiger charge is 2.16. The van der Waals surface area contributed by atoms with E-state index in [1.165, 1.54) is 0 Å².